The molecule has 1 aliphatic rings. The summed E-state index contributed by atoms with van der Waals surface area (Å²) in [6, 6.07) is 15.4. The molecule has 0 bridgehead atoms. The maximum Gasteiger partial charge on any atom is 0.261 e. The fourth-order valence-electron chi connectivity index (χ4n) is 3.48. The van der Waals surface area contributed by atoms with Crippen molar-refractivity contribution in [1.29, 1.82) is 0 Å². The molecule has 1 heterocycles. The van der Waals surface area contributed by atoms with Gasteiger partial charge in [0, 0.05) is 11.6 Å². The summed E-state index contributed by atoms with van der Waals surface area (Å²) in [5.74, 6) is 0.686. The zero-order valence-corrected chi connectivity index (χ0v) is 13.5. The van der Waals surface area contributed by atoms with Crippen LogP contribution in [0.3, 0.4) is 0 Å². The van der Waals surface area contributed by atoms with Crippen molar-refractivity contribution >= 4 is 22.5 Å². The smallest absolute Gasteiger partial charge is 0.261 e. The Labute approximate surface area is 139 Å². The van der Waals surface area contributed by atoms with Gasteiger partial charge in [0.1, 0.15) is 5.82 Å². The van der Waals surface area contributed by atoms with Crippen molar-refractivity contribution in [3.8, 4) is 11.4 Å². The summed E-state index contributed by atoms with van der Waals surface area (Å²) in [7, 11) is 0. The molecule has 1 aliphatic carbocycles. The number of hydrogen-bond donors (Lipinski definition) is 0. The summed E-state index contributed by atoms with van der Waals surface area (Å²) in [6.07, 6.45) is 4.37. The lowest BCUT2D eigenvalue weighted by molar-refractivity contribution is 0.505. The van der Waals surface area contributed by atoms with Crippen molar-refractivity contribution in [2.24, 2.45) is 0 Å². The molecule has 3 aromatic rings. The van der Waals surface area contributed by atoms with E-state index in [1.807, 2.05) is 53.1 Å². The second kappa shape index (κ2) is 5.82. The molecule has 3 nitrogen and oxygen atoms in total. The predicted molar refractivity (Wildman–Crippen MR) is 94.0 cm³/mol. The molecule has 23 heavy (non-hydrogen) atoms. The van der Waals surface area contributed by atoms with E-state index in [-0.39, 0.29) is 11.6 Å². The normalized spacial score (nSPS) is 15.3. The number of halogens is 1. The highest BCUT2D eigenvalue weighted by molar-refractivity contribution is 6.33. The van der Waals surface area contributed by atoms with Crippen LogP contribution < -0.4 is 5.56 Å². The molecule has 116 valence electrons. The topological polar surface area (TPSA) is 34.9 Å². The Morgan fingerprint density at radius 1 is 1.00 bits per heavy atom. The van der Waals surface area contributed by atoms with E-state index in [4.69, 9.17) is 16.6 Å². The van der Waals surface area contributed by atoms with Gasteiger partial charge in [-0.25, -0.2) is 4.98 Å². The summed E-state index contributed by atoms with van der Waals surface area (Å²) >= 11 is 6.39. The predicted octanol–water partition coefficient (Wildman–Crippen LogP) is 4.83. The van der Waals surface area contributed by atoms with E-state index in [0.29, 0.717) is 16.2 Å². The molecule has 4 heteroatoms. The van der Waals surface area contributed by atoms with Crippen LogP contribution in [0.1, 0.15) is 31.7 Å². The Kier molecular flexibility index (Phi) is 3.66. The average Bonchev–Trinajstić information content (AvgIpc) is 3.09. The van der Waals surface area contributed by atoms with Crippen molar-refractivity contribution in [2.45, 2.75) is 31.7 Å². The lowest BCUT2D eigenvalue weighted by Gasteiger charge is -2.19. The van der Waals surface area contributed by atoms with Gasteiger partial charge in [-0.3, -0.25) is 9.36 Å². The first-order valence-electron chi connectivity index (χ1n) is 8.02. The van der Waals surface area contributed by atoms with Gasteiger partial charge in [-0.2, -0.15) is 0 Å². The molecular weight excluding hydrogens is 308 g/mol. The zero-order chi connectivity index (χ0) is 15.8. The molecule has 0 atom stereocenters. The van der Waals surface area contributed by atoms with Crippen molar-refractivity contribution in [2.75, 3.05) is 0 Å². The second-order valence-corrected chi connectivity index (χ2v) is 6.45. The van der Waals surface area contributed by atoms with Gasteiger partial charge in [0.25, 0.3) is 5.56 Å². The summed E-state index contributed by atoms with van der Waals surface area (Å²) in [4.78, 5) is 17.9. The fraction of sp³-hybridized carbons (Fsp3) is 0.263. The second-order valence-electron chi connectivity index (χ2n) is 6.05. The fourth-order valence-corrected chi connectivity index (χ4v) is 3.70. The quantitative estimate of drug-likeness (QED) is 0.676. The highest BCUT2D eigenvalue weighted by atomic mass is 35.5. The van der Waals surface area contributed by atoms with Gasteiger partial charge in [0.15, 0.2) is 0 Å². The van der Waals surface area contributed by atoms with Crippen molar-refractivity contribution in [3.63, 3.8) is 0 Å². The number of fused-ring (bicyclic) bond motifs is 1. The maximum atomic E-state index is 13.1. The van der Waals surface area contributed by atoms with Crippen molar-refractivity contribution < 1.29 is 0 Å². The van der Waals surface area contributed by atoms with Gasteiger partial charge in [0.2, 0.25) is 0 Å². The molecule has 0 aliphatic heterocycles. The molecule has 4 rings (SSSR count). The Balaban J connectivity index is 2.07. The van der Waals surface area contributed by atoms with Crippen LogP contribution in [0.15, 0.2) is 53.3 Å². The molecule has 0 saturated heterocycles. The van der Waals surface area contributed by atoms with E-state index in [2.05, 4.69) is 0 Å². The van der Waals surface area contributed by atoms with Crippen LogP contribution in [0.4, 0.5) is 0 Å². The molecule has 1 aromatic heterocycles. The average molecular weight is 325 g/mol. The zero-order valence-electron chi connectivity index (χ0n) is 12.7. The molecule has 0 radical (unpaired) electrons. The first-order chi connectivity index (χ1) is 11.3. The minimum atomic E-state index is 0.0393. The molecule has 0 spiro atoms. The van der Waals surface area contributed by atoms with E-state index in [0.717, 1.165) is 36.8 Å². The third-order valence-corrected chi connectivity index (χ3v) is 4.94. The monoisotopic (exact) mass is 324 g/mol. The van der Waals surface area contributed by atoms with Gasteiger partial charge in [0.05, 0.1) is 15.9 Å². The number of aromatic nitrogens is 2. The van der Waals surface area contributed by atoms with E-state index in [1.54, 1.807) is 0 Å². The Morgan fingerprint density at radius 2 is 1.70 bits per heavy atom. The van der Waals surface area contributed by atoms with Crippen LogP contribution in [0.5, 0.6) is 0 Å². The molecule has 0 amide bonds. The Morgan fingerprint density at radius 3 is 2.48 bits per heavy atom. The summed E-state index contributed by atoms with van der Waals surface area (Å²) < 4.78 is 1.87. The standard InChI is InChI=1S/C19H17ClN2O/c20-16-11-5-3-9-14(16)18-21-17-12-6-4-10-15(17)19(23)22(18)13-7-1-2-8-13/h3-6,9-13H,1-2,7-8H2. The number of nitrogens with zero attached hydrogens (tertiary/aromatic N) is 2. The summed E-state index contributed by atoms with van der Waals surface area (Å²) in [5.41, 5.74) is 1.59. The summed E-state index contributed by atoms with van der Waals surface area (Å²) in [6.45, 7) is 0. The third-order valence-electron chi connectivity index (χ3n) is 4.61. The number of para-hydroxylation sites is 1. The third kappa shape index (κ3) is 2.45. The van der Waals surface area contributed by atoms with Gasteiger partial charge >= 0.3 is 0 Å². The van der Waals surface area contributed by atoms with E-state index in [9.17, 15) is 4.79 Å². The first kappa shape index (κ1) is 14.5. The van der Waals surface area contributed by atoms with E-state index < -0.39 is 0 Å². The molecule has 2 aromatic carbocycles. The minimum absolute atomic E-state index is 0.0393. The van der Waals surface area contributed by atoms with Crippen LogP contribution in [-0.2, 0) is 0 Å². The molecule has 1 saturated carbocycles. The van der Waals surface area contributed by atoms with Crippen LogP contribution in [-0.4, -0.2) is 9.55 Å². The van der Waals surface area contributed by atoms with Crippen molar-refractivity contribution in [3.05, 3.63) is 63.9 Å². The van der Waals surface area contributed by atoms with Gasteiger partial charge < -0.3 is 0 Å². The van der Waals surface area contributed by atoms with Crippen LogP contribution in [0.2, 0.25) is 5.02 Å². The highest BCUT2D eigenvalue weighted by Gasteiger charge is 2.24. The van der Waals surface area contributed by atoms with Crippen molar-refractivity contribution in [1.82, 2.24) is 9.55 Å². The lowest BCUT2D eigenvalue weighted by atomic mass is 10.1. The van der Waals surface area contributed by atoms with Gasteiger partial charge in [-0.05, 0) is 37.1 Å². The van der Waals surface area contributed by atoms with E-state index in [1.165, 1.54) is 0 Å². The Hall–Kier alpha value is -2.13. The van der Waals surface area contributed by atoms with Gasteiger partial charge in [-0.1, -0.05) is 48.7 Å². The minimum Gasteiger partial charge on any atom is -0.289 e. The molecular formula is C19H17ClN2O. The summed E-state index contributed by atoms with van der Waals surface area (Å²) in [5, 5.41) is 1.30. The van der Waals surface area contributed by atoms with E-state index >= 15 is 0 Å². The number of benzene rings is 2. The Bertz CT molecular complexity index is 926. The molecule has 0 unspecified atom stereocenters. The molecule has 1 fully saturated rings. The highest BCUT2D eigenvalue weighted by Crippen LogP contribution is 2.34. The number of hydrogen-bond acceptors (Lipinski definition) is 2. The lowest BCUT2D eigenvalue weighted by Crippen LogP contribution is -2.26. The number of rotatable bonds is 2. The maximum absolute atomic E-state index is 13.1. The SMILES string of the molecule is O=c1c2ccccc2nc(-c2ccccc2Cl)n1C1CCCC1. The molecule has 0 N–H and O–H groups in total. The first-order valence-corrected chi connectivity index (χ1v) is 8.39. The largest absolute Gasteiger partial charge is 0.289 e. The van der Waals surface area contributed by atoms with Crippen LogP contribution in [0.25, 0.3) is 22.3 Å². The van der Waals surface area contributed by atoms with Crippen LogP contribution in [0, 0.1) is 0 Å². The van der Waals surface area contributed by atoms with Gasteiger partial charge in [-0.15, -0.1) is 0 Å². The van der Waals surface area contributed by atoms with Crippen LogP contribution >= 0.6 is 11.6 Å².